The third kappa shape index (κ3) is 6.13. The molecule has 2 aromatic carbocycles. The van der Waals surface area contributed by atoms with E-state index in [0.717, 1.165) is 59.5 Å². The summed E-state index contributed by atoms with van der Waals surface area (Å²) in [6.45, 7) is 3.45. The number of aromatic nitrogens is 3. The van der Waals surface area contributed by atoms with Gasteiger partial charge in [-0.1, -0.05) is 50.5 Å². The van der Waals surface area contributed by atoms with Gasteiger partial charge in [-0.15, -0.1) is 5.06 Å². The zero-order valence-corrected chi connectivity index (χ0v) is 21.0. The van der Waals surface area contributed by atoms with Crippen molar-refractivity contribution in [2.45, 2.75) is 39.0 Å². The van der Waals surface area contributed by atoms with Crippen molar-refractivity contribution in [2.75, 3.05) is 18.2 Å². The van der Waals surface area contributed by atoms with Crippen LogP contribution in [0.25, 0.3) is 28.2 Å². The van der Waals surface area contributed by atoms with Crippen molar-refractivity contribution >= 4 is 29.4 Å². The number of hydrogen-bond donors (Lipinski definition) is 2. The van der Waals surface area contributed by atoms with Gasteiger partial charge in [0.15, 0.2) is 5.65 Å². The molecule has 0 aliphatic carbocycles. The van der Waals surface area contributed by atoms with Gasteiger partial charge in [-0.3, -0.25) is 9.36 Å². The number of hydrogen-bond acceptors (Lipinski definition) is 6. The van der Waals surface area contributed by atoms with Gasteiger partial charge in [0.05, 0.1) is 5.69 Å². The van der Waals surface area contributed by atoms with Crippen LogP contribution in [-0.2, 0) is 16.1 Å². The van der Waals surface area contributed by atoms with E-state index >= 15 is 0 Å². The van der Waals surface area contributed by atoms with Crippen LogP contribution >= 0.6 is 0 Å². The van der Waals surface area contributed by atoms with Crippen molar-refractivity contribution in [3.63, 3.8) is 0 Å². The van der Waals surface area contributed by atoms with Crippen molar-refractivity contribution in [1.82, 2.24) is 19.9 Å². The lowest BCUT2D eigenvalue weighted by Crippen LogP contribution is -2.40. The quantitative estimate of drug-likeness (QED) is 0.164. The number of carbonyl (C=O) groups excluding carboxylic acids is 2. The second kappa shape index (κ2) is 12.6. The Hall–Kier alpha value is -4.24. The van der Waals surface area contributed by atoms with Crippen LogP contribution in [0.15, 0.2) is 66.9 Å². The lowest BCUT2D eigenvalue weighted by Gasteiger charge is -2.20. The maximum absolute atomic E-state index is 12.8. The molecule has 0 bridgehead atoms. The molecule has 9 nitrogen and oxygen atoms in total. The minimum Gasteiger partial charge on any atom is -0.335 e. The number of nitrogens with one attached hydrogen (secondary N) is 1. The molecular weight excluding hydrogens is 468 g/mol. The van der Waals surface area contributed by atoms with E-state index in [1.165, 1.54) is 0 Å². The van der Waals surface area contributed by atoms with Gasteiger partial charge in [-0.25, -0.2) is 14.8 Å². The van der Waals surface area contributed by atoms with E-state index < -0.39 is 6.03 Å². The normalized spacial score (nSPS) is 10.9. The second-order valence-corrected chi connectivity index (χ2v) is 8.66. The summed E-state index contributed by atoms with van der Waals surface area (Å²) < 4.78 is 1.97. The number of benzene rings is 2. The number of fused-ring (bicyclic) bond motifs is 1. The Labute approximate surface area is 216 Å². The first-order chi connectivity index (χ1) is 18.2. The first kappa shape index (κ1) is 25.8. The summed E-state index contributed by atoms with van der Waals surface area (Å²) in [6.07, 6.45) is 6.63. The molecule has 9 heteroatoms. The monoisotopic (exact) mass is 500 g/mol. The fourth-order valence-corrected chi connectivity index (χ4v) is 4.19. The Morgan fingerprint density at radius 2 is 1.95 bits per heavy atom. The summed E-state index contributed by atoms with van der Waals surface area (Å²) in [4.78, 5) is 38.5. The molecule has 2 amide bonds. The fourth-order valence-electron chi connectivity index (χ4n) is 4.19. The Balaban J connectivity index is 1.69. The number of urea groups is 1. The highest BCUT2D eigenvalue weighted by Crippen LogP contribution is 2.30. The molecule has 37 heavy (non-hydrogen) atoms. The Morgan fingerprint density at radius 1 is 1.11 bits per heavy atom. The maximum Gasteiger partial charge on any atom is 0.355 e. The topological polar surface area (TPSA) is 115 Å². The van der Waals surface area contributed by atoms with Crippen molar-refractivity contribution in [3.05, 3.63) is 72.4 Å². The molecule has 0 saturated heterocycles. The minimum absolute atomic E-state index is 0.241. The number of amides is 2. The molecule has 0 fully saturated rings. The van der Waals surface area contributed by atoms with Crippen LogP contribution in [0.1, 0.15) is 38.2 Å². The van der Waals surface area contributed by atoms with E-state index in [2.05, 4.69) is 17.2 Å². The summed E-state index contributed by atoms with van der Waals surface area (Å²) in [5, 5.41) is 3.78. The number of nitrogens with zero attached hydrogens (tertiary/aromatic N) is 4. The SMILES string of the molecule is CCCCCCNC(=O)N(OC=O)c1cccc(-c2nc3cccnc3n2-c2ccc(CCN)cc2)c1. The van der Waals surface area contributed by atoms with Crippen LogP contribution < -0.4 is 16.1 Å². The van der Waals surface area contributed by atoms with E-state index in [4.69, 9.17) is 15.6 Å². The Morgan fingerprint density at radius 3 is 2.70 bits per heavy atom. The molecule has 4 rings (SSSR count). The first-order valence-corrected chi connectivity index (χ1v) is 12.6. The average Bonchev–Trinajstić information content (AvgIpc) is 3.32. The molecule has 2 heterocycles. The minimum atomic E-state index is -0.508. The van der Waals surface area contributed by atoms with Gasteiger partial charge in [-0.05, 0) is 61.3 Å². The van der Waals surface area contributed by atoms with Gasteiger partial charge in [0.25, 0.3) is 0 Å². The van der Waals surface area contributed by atoms with Crippen LogP contribution in [0.3, 0.4) is 0 Å². The number of rotatable bonds is 12. The molecule has 0 spiro atoms. The molecule has 0 unspecified atom stereocenters. The van der Waals surface area contributed by atoms with Crippen molar-refractivity contribution in [3.8, 4) is 17.1 Å². The largest absolute Gasteiger partial charge is 0.355 e. The van der Waals surface area contributed by atoms with Gasteiger partial charge < -0.3 is 15.9 Å². The average molecular weight is 501 g/mol. The summed E-state index contributed by atoms with van der Waals surface area (Å²) in [5.74, 6) is 0.646. The van der Waals surface area contributed by atoms with Crippen molar-refractivity contribution in [1.29, 1.82) is 0 Å². The van der Waals surface area contributed by atoms with Gasteiger partial charge in [0.2, 0.25) is 0 Å². The third-order valence-electron chi connectivity index (χ3n) is 6.02. The molecule has 3 N–H and O–H groups in total. The number of imidazole rings is 1. The predicted molar refractivity (Wildman–Crippen MR) is 144 cm³/mol. The van der Waals surface area contributed by atoms with Crippen molar-refractivity contribution in [2.24, 2.45) is 5.73 Å². The Kier molecular flexibility index (Phi) is 8.83. The van der Waals surface area contributed by atoms with Crippen molar-refractivity contribution < 1.29 is 14.4 Å². The molecule has 0 radical (unpaired) electrons. The zero-order chi connectivity index (χ0) is 26.0. The van der Waals surface area contributed by atoms with Gasteiger partial charge >= 0.3 is 12.5 Å². The van der Waals surface area contributed by atoms with E-state index in [-0.39, 0.29) is 6.47 Å². The highest BCUT2D eigenvalue weighted by atomic mass is 16.7. The highest BCUT2D eigenvalue weighted by molar-refractivity contribution is 5.91. The number of anilines is 1. The molecule has 0 atom stereocenters. The number of unbranched alkanes of at least 4 members (excludes halogenated alkanes) is 3. The highest BCUT2D eigenvalue weighted by Gasteiger charge is 2.20. The zero-order valence-electron chi connectivity index (χ0n) is 21.0. The van der Waals surface area contributed by atoms with Gasteiger partial charge in [-0.2, -0.15) is 0 Å². The lowest BCUT2D eigenvalue weighted by atomic mass is 10.1. The molecule has 192 valence electrons. The second-order valence-electron chi connectivity index (χ2n) is 8.66. The van der Waals surface area contributed by atoms with Crippen LogP contribution in [-0.4, -0.2) is 40.1 Å². The number of hydroxylamine groups is 1. The van der Waals surface area contributed by atoms with Gasteiger partial charge in [0.1, 0.15) is 11.3 Å². The molecule has 4 aromatic rings. The third-order valence-corrected chi connectivity index (χ3v) is 6.02. The summed E-state index contributed by atoms with van der Waals surface area (Å²) >= 11 is 0. The summed E-state index contributed by atoms with van der Waals surface area (Å²) in [6, 6.07) is 18.5. The van der Waals surface area contributed by atoms with E-state index in [0.29, 0.717) is 30.2 Å². The predicted octanol–water partition coefficient (Wildman–Crippen LogP) is 4.77. The number of pyridine rings is 1. The van der Waals surface area contributed by atoms with E-state index in [1.54, 1.807) is 24.4 Å². The van der Waals surface area contributed by atoms with Crippen LogP contribution in [0.4, 0.5) is 10.5 Å². The number of carbonyl (C=O) groups is 2. The van der Waals surface area contributed by atoms with Gasteiger partial charge in [0, 0.05) is 24.0 Å². The molecule has 0 aliphatic heterocycles. The van der Waals surface area contributed by atoms with Crippen LogP contribution in [0, 0.1) is 0 Å². The fraction of sp³-hybridized carbons (Fsp3) is 0.286. The first-order valence-electron chi connectivity index (χ1n) is 12.6. The van der Waals surface area contributed by atoms with Crippen LogP contribution in [0.5, 0.6) is 0 Å². The Bertz CT molecular complexity index is 1340. The molecule has 2 aromatic heterocycles. The summed E-state index contributed by atoms with van der Waals surface area (Å²) in [5.41, 5.74) is 10.3. The maximum atomic E-state index is 12.8. The molecule has 0 saturated carbocycles. The smallest absolute Gasteiger partial charge is 0.335 e. The standard InChI is InChI=1S/C28H32N6O3/c1-2-3-4-5-17-31-28(36)34(37-20-35)24-9-6-8-22(19-24)26-32-25-10-7-18-30-27(25)33(26)23-13-11-21(12-14-23)15-16-29/h6-14,18-20H,2-5,15-17,29H2,1H3,(H,31,36). The molecule has 0 aliphatic rings. The summed E-state index contributed by atoms with van der Waals surface area (Å²) in [7, 11) is 0. The number of nitrogens with two attached hydrogens (primary N) is 1. The van der Waals surface area contributed by atoms with E-state index in [1.807, 2.05) is 47.0 Å². The lowest BCUT2D eigenvalue weighted by molar-refractivity contribution is -0.128. The van der Waals surface area contributed by atoms with Crippen LogP contribution in [0.2, 0.25) is 0 Å². The van der Waals surface area contributed by atoms with E-state index in [9.17, 15) is 9.59 Å². The molecular formula is C28H32N6O3.